The SMILES string of the molecule is CCCCN(C)CCNC(=NC)NCC1(CCOCC)CCCC1.I. The molecule has 1 rings (SSSR count). The molecule has 2 N–H and O–H groups in total. The summed E-state index contributed by atoms with van der Waals surface area (Å²) >= 11 is 0. The van der Waals surface area contributed by atoms with Gasteiger partial charge in [-0.2, -0.15) is 0 Å². The summed E-state index contributed by atoms with van der Waals surface area (Å²) in [6.45, 7) is 10.2. The standard InChI is InChI=1S/C19H40N4O.HI/c1-5-7-14-23(4)15-13-21-18(20-3)22-17-19(10-8-9-11-19)12-16-24-6-2;/h5-17H2,1-4H3,(H2,20,21,22);1H. The molecule has 25 heavy (non-hydrogen) atoms. The fourth-order valence-electron chi connectivity index (χ4n) is 3.47. The Balaban J connectivity index is 0.00000576. The van der Waals surface area contributed by atoms with Gasteiger partial charge in [-0.1, -0.05) is 26.2 Å². The molecule has 6 heteroatoms. The molecule has 0 unspecified atom stereocenters. The molecule has 0 spiro atoms. The predicted molar refractivity (Wildman–Crippen MR) is 119 cm³/mol. The summed E-state index contributed by atoms with van der Waals surface area (Å²) in [6, 6.07) is 0. The van der Waals surface area contributed by atoms with E-state index < -0.39 is 0 Å². The third-order valence-electron chi connectivity index (χ3n) is 5.18. The van der Waals surface area contributed by atoms with Crippen LogP contribution in [0.1, 0.15) is 58.8 Å². The van der Waals surface area contributed by atoms with E-state index in [2.05, 4.69) is 41.4 Å². The highest BCUT2D eigenvalue weighted by Crippen LogP contribution is 2.40. The molecule has 0 saturated heterocycles. The molecule has 1 aliphatic carbocycles. The number of unbranched alkanes of at least 4 members (excludes halogenated alkanes) is 1. The van der Waals surface area contributed by atoms with Gasteiger partial charge >= 0.3 is 0 Å². The van der Waals surface area contributed by atoms with Crippen molar-refractivity contribution >= 4 is 29.9 Å². The second-order valence-electron chi connectivity index (χ2n) is 7.16. The number of nitrogens with one attached hydrogen (secondary N) is 2. The first kappa shape index (κ1) is 24.9. The summed E-state index contributed by atoms with van der Waals surface area (Å²) in [5.41, 5.74) is 0.394. The molecule has 1 aliphatic rings. The van der Waals surface area contributed by atoms with Crippen LogP contribution >= 0.6 is 24.0 Å². The molecule has 0 heterocycles. The average Bonchev–Trinajstić information content (AvgIpc) is 3.05. The van der Waals surface area contributed by atoms with Crippen LogP contribution in [0.4, 0.5) is 0 Å². The number of likely N-dealkylation sites (N-methyl/N-ethyl adjacent to an activating group) is 1. The van der Waals surface area contributed by atoms with Gasteiger partial charge in [-0.3, -0.25) is 4.99 Å². The van der Waals surface area contributed by atoms with Crippen molar-refractivity contribution < 1.29 is 4.74 Å². The zero-order valence-electron chi connectivity index (χ0n) is 16.9. The van der Waals surface area contributed by atoms with E-state index in [0.29, 0.717) is 5.41 Å². The number of aliphatic imine (C=N–C) groups is 1. The number of guanidine groups is 1. The van der Waals surface area contributed by atoms with Crippen LogP contribution in [0.2, 0.25) is 0 Å². The summed E-state index contributed by atoms with van der Waals surface area (Å²) in [6.07, 6.45) is 9.00. The minimum atomic E-state index is 0. The van der Waals surface area contributed by atoms with E-state index in [1.54, 1.807) is 0 Å². The second kappa shape index (κ2) is 15.0. The summed E-state index contributed by atoms with van der Waals surface area (Å²) in [5, 5.41) is 7.01. The maximum absolute atomic E-state index is 5.60. The summed E-state index contributed by atoms with van der Waals surface area (Å²) in [7, 11) is 4.05. The Morgan fingerprint density at radius 3 is 2.48 bits per heavy atom. The number of rotatable bonds is 12. The van der Waals surface area contributed by atoms with Crippen molar-refractivity contribution in [3.8, 4) is 0 Å². The van der Waals surface area contributed by atoms with Crippen molar-refractivity contribution in [1.29, 1.82) is 0 Å². The van der Waals surface area contributed by atoms with Crippen molar-refractivity contribution in [3.63, 3.8) is 0 Å². The van der Waals surface area contributed by atoms with Crippen LogP contribution in [0, 0.1) is 5.41 Å². The Morgan fingerprint density at radius 1 is 1.16 bits per heavy atom. The van der Waals surface area contributed by atoms with E-state index in [1.807, 2.05) is 7.05 Å². The van der Waals surface area contributed by atoms with Gasteiger partial charge in [-0.25, -0.2) is 0 Å². The van der Waals surface area contributed by atoms with Crippen molar-refractivity contribution in [1.82, 2.24) is 15.5 Å². The van der Waals surface area contributed by atoms with Crippen LogP contribution in [-0.4, -0.2) is 64.3 Å². The van der Waals surface area contributed by atoms with Crippen LogP contribution in [0.15, 0.2) is 4.99 Å². The number of hydrogen-bond donors (Lipinski definition) is 2. The van der Waals surface area contributed by atoms with Crippen LogP contribution in [0.5, 0.6) is 0 Å². The number of nitrogens with zero attached hydrogens (tertiary/aromatic N) is 2. The van der Waals surface area contributed by atoms with Crippen LogP contribution in [0.3, 0.4) is 0 Å². The molecule has 1 saturated carbocycles. The van der Waals surface area contributed by atoms with E-state index >= 15 is 0 Å². The van der Waals surface area contributed by atoms with Gasteiger partial charge in [0.2, 0.25) is 0 Å². The zero-order chi connectivity index (χ0) is 17.7. The highest BCUT2D eigenvalue weighted by Gasteiger charge is 2.33. The number of halogens is 1. The Morgan fingerprint density at radius 2 is 1.88 bits per heavy atom. The largest absolute Gasteiger partial charge is 0.382 e. The molecule has 0 aromatic heterocycles. The van der Waals surface area contributed by atoms with Gasteiger partial charge in [0, 0.05) is 39.9 Å². The lowest BCUT2D eigenvalue weighted by molar-refractivity contribution is 0.105. The van der Waals surface area contributed by atoms with Gasteiger partial charge in [0.1, 0.15) is 0 Å². The molecular formula is C19H41IN4O. The highest BCUT2D eigenvalue weighted by atomic mass is 127. The van der Waals surface area contributed by atoms with Crippen LogP contribution in [-0.2, 0) is 4.74 Å². The Bertz CT molecular complexity index is 346. The van der Waals surface area contributed by atoms with E-state index in [9.17, 15) is 0 Å². The second-order valence-corrected chi connectivity index (χ2v) is 7.16. The molecule has 0 aromatic carbocycles. The van der Waals surface area contributed by atoms with Gasteiger partial charge in [0.25, 0.3) is 0 Å². The summed E-state index contributed by atoms with van der Waals surface area (Å²) in [4.78, 5) is 6.76. The first-order valence-corrected chi connectivity index (χ1v) is 9.86. The third-order valence-corrected chi connectivity index (χ3v) is 5.18. The molecule has 0 radical (unpaired) electrons. The molecular weight excluding hydrogens is 427 g/mol. The van der Waals surface area contributed by atoms with Gasteiger partial charge in [-0.05, 0) is 51.6 Å². The van der Waals surface area contributed by atoms with Crippen molar-refractivity contribution in [3.05, 3.63) is 0 Å². The smallest absolute Gasteiger partial charge is 0.191 e. The lowest BCUT2D eigenvalue weighted by Crippen LogP contribution is -2.45. The van der Waals surface area contributed by atoms with Crippen LogP contribution < -0.4 is 10.6 Å². The molecule has 1 fully saturated rings. The molecule has 0 amide bonds. The lowest BCUT2D eigenvalue weighted by Gasteiger charge is -2.30. The first-order chi connectivity index (χ1) is 11.7. The maximum Gasteiger partial charge on any atom is 0.191 e. The fraction of sp³-hybridized carbons (Fsp3) is 0.947. The molecule has 0 aromatic rings. The van der Waals surface area contributed by atoms with E-state index in [4.69, 9.17) is 4.74 Å². The molecule has 150 valence electrons. The van der Waals surface area contributed by atoms with Crippen LogP contribution in [0.25, 0.3) is 0 Å². The van der Waals surface area contributed by atoms with E-state index in [1.165, 1.54) is 45.1 Å². The Kier molecular flexibility index (Phi) is 15.0. The number of hydrogen-bond acceptors (Lipinski definition) is 3. The first-order valence-electron chi connectivity index (χ1n) is 9.86. The third kappa shape index (κ3) is 10.6. The molecule has 5 nitrogen and oxygen atoms in total. The fourth-order valence-corrected chi connectivity index (χ4v) is 3.47. The monoisotopic (exact) mass is 468 g/mol. The average molecular weight is 468 g/mol. The van der Waals surface area contributed by atoms with Gasteiger partial charge < -0.3 is 20.3 Å². The number of ether oxygens (including phenoxy) is 1. The van der Waals surface area contributed by atoms with Gasteiger partial charge in [0.05, 0.1) is 0 Å². The minimum Gasteiger partial charge on any atom is -0.382 e. The zero-order valence-corrected chi connectivity index (χ0v) is 19.2. The normalized spacial score (nSPS) is 16.8. The summed E-state index contributed by atoms with van der Waals surface area (Å²) < 4.78 is 5.60. The molecule has 0 aliphatic heterocycles. The lowest BCUT2D eigenvalue weighted by atomic mass is 9.83. The van der Waals surface area contributed by atoms with Crippen molar-refractivity contribution in [2.45, 2.75) is 58.8 Å². The highest BCUT2D eigenvalue weighted by molar-refractivity contribution is 14.0. The predicted octanol–water partition coefficient (Wildman–Crippen LogP) is 3.49. The van der Waals surface area contributed by atoms with Gasteiger partial charge in [-0.15, -0.1) is 24.0 Å². The van der Waals surface area contributed by atoms with Crippen molar-refractivity contribution in [2.75, 3.05) is 53.5 Å². The maximum atomic E-state index is 5.60. The molecule has 0 bridgehead atoms. The quantitative estimate of drug-likeness (QED) is 0.199. The van der Waals surface area contributed by atoms with Crippen molar-refractivity contribution in [2.24, 2.45) is 10.4 Å². The Hall–Kier alpha value is -0.0800. The van der Waals surface area contributed by atoms with E-state index in [0.717, 1.165) is 45.2 Å². The Labute approximate surface area is 172 Å². The molecule has 0 atom stereocenters. The minimum absolute atomic E-state index is 0. The van der Waals surface area contributed by atoms with Gasteiger partial charge in [0.15, 0.2) is 5.96 Å². The topological polar surface area (TPSA) is 48.9 Å². The van der Waals surface area contributed by atoms with E-state index in [-0.39, 0.29) is 24.0 Å². The summed E-state index contributed by atoms with van der Waals surface area (Å²) in [5.74, 6) is 0.932.